The lowest BCUT2D eigenvalue weighted by Crippen LogP contribution is -2.45. The van der Waals surface area contributed by atoms with Gasteiger partial charge in [0.05, 0.1) is 5.69 Å². The van der Waals surface area contributed by atoms with Crippen molar-refractivity contribution in [1.29, 1.82) is 0 Å². The van der Waals surface area contributed by atoms with Crippen LogP contribution in [0, 0.1) is 5.41 Å². The van der Waals surface area contributed by atoms with Gasteiger partial charge < -0.3 is 10.6 Å². The molecule has 4 heterocycles. The molecule has 6 rings (SSSR count). The average Bonchev–Trinajstić information content (AvgIpc) is 3.40. The van der Waals surface area contributed by atoms with Crippen LogP contribution in [0.4, 0.5) is 5.95 Å². The molecule has 0 unspecified atom stereocenters. The molecule has 33 heavy (non-hydrogen) atoms. The third kappa shape index (κ3) is 3.09. The van der Waals surface area contributed by atoms with Crippen molar-refractivity contribution in [3.63, 3.8) is 0 Å². The van der Waals surface area contributed by atoms with E-state index in [1.807, 2.05) is 12.1 Å². The van der Waals surface area contributed by atoms with Crippen molar-refractivity contribution in [1.82, 2.24) is 25.1 Å². The monoisotopic (exact) mass is 439 g/mol. The van der Waals surface area contributed by atoms with Crippen molar-refractivity contribution >= 4 is 22.6 Å². The molecule has 3 aromatic heterocycles. The van der Waals surface area contributed by atoms with Crippen LogP contribution >= 0.6 is 0 Å². The van der Waals surface area contributed by atoms with Crippen LogP contribution in [0.15, 0.2) is 60.2 Å². The van der Waals surface area contributed by atoms with Crippen LogP contribution in [0.1, 0.15) is 41.3 Å². The Kier molecular flexibility index (Phi) is 4.45. The second-order valence-electron chi connectivity index (χ2n) is 9.11. The van der Waals surface area contributed by atoms with Gasteiger partial charge in [-0.15, -0.1) is 0 Å². The number of hydrogen-bond acceptors (Lipinski definition) is 6. The second-order valence-corrected chi connectivity index (χ2v) is 9.11. The maximum absolute atomic E-state index is 13.1. The molecule has 8 heteroatoms. The quantitative estimate of drug-likeness (QED) is 0.452. The molecule has 4 N–H and O–H groups in total. The summed E-state index contributed by atoms with van der Waals surface area (Å²) in [4.78, 5) is 27.0. The highest BCUT2D eigenvalue weighted by molar-refractivity contribution is 5.92. The number of benzene rings is 1. The molecule has 0 radical (unpaired) electrons. The van der Waals surface area contributed by atoms with E-state index >= 15 is 0 Å². The van der Waals surface area contributed by atoms with Gasteiger partial charge in [0, 0.05) is 42.7 Å². The van der Waals surface area contributed by atoms with Gasteiger partial charge in [0.25, 0.3) is 5.56 Å². The third-order valence-electron chi connectivity index (χ3n) is 7.37. The molecule has 1 fully saturated rings. The van der Waals surface area contributed by atoms with E-state index in [1.165, 1.54) is 11.1 Å². The number of hydrogen-bond donors (Lipinski definition) is 3. The van der Waals surface area contributed by atoms with Crippen LogP contribution in [0.25, 0.3) is 16.6 Å². The molecular weight excluding hydrogens is 414 g/mol. The van der Waals surface area contributed by atoms with Crippen molar-refractivity contribution < 1.29 is 0 Å². The topological polar surface area (TPSA) is 117 Å². The van der Waals surface area contributed by atoms with E-state index in [4.69, 9.17) is 5.73 Å². The van der Waals surface area contributed by atoms with Gasteiger partial charge in [0.2, 0.25) is 5.95 Å². The number of aromatic nitrogens is 5. The highest BCUT2D eigenvalue weighted by Gasteiger charge is 2.46. The Labute approximate surface area is 190 Å². The van der Waals surface area contributed by atoms with Crippen LogP contribution in [-0.2, 0) is 6.42 Å². The molecule has 1 spiro atoms. The fraction of sp³-hybridized carbons (Fsp3) is 0.280. The van der Waals surface area contributed by atoms with Crippen LogP contribution in [0.3, 0.4) is 0 Å². The van der Waals surface area contributed by atoms with E-state index in [0.29, 0.717) is 28.2 Å². The Hall–Kier alpha value is -3.78. The van der Waals surface area contributed by atoms with Crippen molar-refractivity contribution in [2.24, 2.45) is 11.1 Å². The van der Waals surface area contributed by atoms with E-state index in [0.717, 1.165) is 37.9 Å². The molecule has 0 amide bonds. The molecule has 166 valence electrons. The number of nitrogens with two attached hydrogens (primary N) is 1. The predicted octanol–water partition coefficient (Wildman–Crippen LogP) is 2.95. The van der Waals surface area contributed by atoms with Crippen LogP contribution in [0.5, 0.6) is 0 Å². The SMILES string of the molecule is C=C(c1cccnc1)c1[nH]nc2nc(N3CCC4(CC3)Cc3ccccc3[C@H]4N)[nH]c(=O)c12. The summed E-state index contributed by atoms with van der Waals surface area (Å²) < 4.78 is 0. The van der Waals surface area contributed by atoms with Crippen molar-refractivity contribution in [3.05, 3.63) is 88.1 Å². The number of H-pyrrole nitrogens is 2. The minimum absolute atomic E-state index is 0.0534. The first kappa shape index (κ1) is 19.9. The zero-order chi connectivity index (χ0) is 22.6. The van der Waals surface area contributed by atoms with Crippen LogP contribution < -0.4 is 16.2 Å². The van der Waals surface area contributed by atoms with Crippen molar-refractivity contribution in [3.8, 4) is 0 Å². The molecule has 1 atom stereocenters. The fourth-order valence-corrected chi connectivity index (χ4v) is 5.44. The summed E-state index contributed by atoms with van der Waals surface area (Å²) in [5.41, 5.74) is 11.6. The van der Waals surface area contributed by atoms with Gasteiger partial charge in [0.15, 0.2) is 5.65 Å². The van der Waals surface area contributed by atoms with Crippen LogP contribution in [0.2, 0.25) is 0 Å². The van der Waals surface area contributed by atoms with Crippen LogP contribution in [-0.4, -0.2) is 38.2 Å². The minimum atomic E-state index is -0.228. The van der Waals surface area contributed by atoms with Gasteiger partial charge in [-0.3, -0.25) is 19.9 Å². The highest BCUT2D eigenvalue weighted by atomic mass is 16.1. The van der Waals surface area contributed by atoms with E-state index in [1.54, 1.807) is 12.4 Å². The number of nitrogens with one attached hydrogen (secondary N) is 2. The fourth-order valence-electron chi connectivity index (χ4n) is 5.44. The smallest absolute Gasteiger partial charge is 0.264 e. The minimum Gasteiger partial charge on any atom is -0.342 e. The molecule has 1 aliphatic heterocycles. The summed E-state index contributed by atoms with van der Waals surface area (Å²) in [6.45, 7) is 5.70. The Balaban J connectivity index is 1.26. The molecule has 4 aromatic rings. The zero-order valence-electron chi connectivity index (χ0n) is 18.2. The highest BCUT2D eigenvalue weighted by Crippen LogP contribution is 2.50. The van der Waals surface area contributed by atoms with Gasteiger partial charge in [-0.1, -0.05) is 36.9 Å². The van der Waals surface area contributed by atoms with E-state index in [2.05, 4.69) is 60.9 Å². The molecular formula is C25H25N7O. The summed E-state index contributed by atoms with van der Waals surface area (Å²) in [5.74, 6) is 0.552. The Bertz CT molecular complexity index is 1410. The summed E-state index contributed by atoms with van der Waals surface area (Å²) in [6.07, 6.45) is 6.33. The van der Waals surface area contributed by atoms with E-state index < -0.39 is 0 Å². The summed E-state index contributed by atoms with van der Waals surface area (Å²) in [6, 6.07) is 12.3. The van der Waals surface area contributed by atoms with Gasteiger partial charge in [-0.25, -0.2) is 0 Å². The molecule has 0 bridgehead atoms. The number of nitrogens with zero attached hydrogens (tertiary/aromatic N) is 4. The Morgan fingerprint density at radius 2 is 2.00 bits per heavy atom. The average molecular weight is 440 g/mol. The molecule has 1 saturated heterocycles. The first-order chi connectivity index (χ1) is 16.1. The standard InChI is InChI=1S/C25H25N7O/c1-15(17-6-4-10-27-14-17)20-19-22(31-30-20)28-24(29-23(19)33)32-11-8-25(9-12-32)13-16-5-2-3-7-18(16)21(25)26/h2-7,10,14,21H,1,8-9,11-13,26H2,(H2,28,29,30,31,33)/t21-/m1/s1. The summed E-state index contributed by atoms with van der Waals surface area (Å²) in [5, 5.41) is 7.66. The lowest BCUT2D eigenvalue weighted by Gasteiger charge is -2.42. The summed E-state index contributed by atoms with van der Waals surface area (Å²) in [7, 11) is 0. The zero-order valence-corrected chi connectivity index (χ0v) is 18.2. The first-order valence-corrected chi connectivity index (χ1v) is 11.2. The van der Waals surface area contributed by atoms with Crippen molar-refractivity contribution in [2.75, 3.05) is 18.0 Å². The number of piperidine rings is 1. The molecule has 0 saturated carbocycles. The number of pyridine rings is 1. The van der Waals surface area contributed by atoms with Gasteiger partial charge in [-0.2, -0.15) is 10.1 Å². The maximum atomic E-state index is 13.1. The lowest BCUT2D eigenvalue weighted by atomic mass is 9.73. The second kappa shape index (κ2) is 7.38. The number of anilines is 1. The van der Waals surface area contributed by atoms with Gasteiger partial charge >= 0.3 is 0 Å². The third-order valence-corrected chi connectivity index (χ3v) is 7.37. The van der Waals surface area contributed by atoms with Gasteiger partial charge in [0.1, 0.15) is 5.39 Å². The maximum Gasteiger partial charge on any atom is 0.264 e. The normalized spacial score (nSPS) is 19.2. The first-order valence-electron chi connectivity index (χ1n) is 11.2. The Morgan fingerprint density at radius 1 is 1.18 bits per heavy atom. The Morgan fingerprint density at radius 3 is 2.76 bits per heavy atom. The predicted molar refractivity (Wildman–Crippen MR) is 128 cm³/mol. The van der Waals surface area contributed by atoms with Gasteiger partial charge in [-0.05, 0) is 41.9 Å². The number of rotatable bonds is 3. The lowest BCUT2D eigenvalue weighted by molar-refractivity contribution is 0.187. The molecule has 8 nitrogen and oxygen atoms in total. The summed E-state index contributed by atoms with van der Waals surface area (Å²) >= 11 is 0. The number of fused-ring (bicyclic) bond motifs is 2. The molecule has 1 aliphatic carbocycles. The van der Waals surface area contributed by atoms with E-state index in [9.17, 15) is 4.79 Å². The largest absolute Gasteiger partial charge is 0.342 e. The number of aromatic amines is 2. The molecule has 2 aliphatic rings. The molecule has 1 aromatic carbocycles. The van der Waals surface area contributed by atoms with E-state index in [-0.39, 0.29) is 17.0 Å². The van der Waals surface area contributed by atoms with Crippen molar-refractivity contribution in [2.45, 2.75) is 25.3 Å².